The smallest absolute Gasteiger partial charge is 0.265 e. The minimum Gasteiger partial charge on any atom is -0.265 e. The summed E-state index contributed by atoms with van der Waals surface area (Å²) in [5.74, 6) is 0. The van der Waals surface area contributed by atoms with Gasteiger partial charge in [-0.3, -0.25) is 4.72 Å². The van der Waals surface area contributed by atoms with Gasteiger partial charge in [0.25, 0.3) is 0 Å². The second-order valence-corrected chi connectivity index (χ2v) is 3.76. The van der Waals surface area contributed by atoms with E-state index in [-0.39, 0.29) is 12.4 Å². The van der Waals surface area contributed by atoms with Crippen LogP contribution in [-0.2, 0) is 10.2 Å². The van der Waals surface area contributed by atoms with Gasteiger partial charge in [0.05, 0.1) is 11.9 Å². The molecule has 0 unspecified atom stereocenters. The number of hydrogen-bond acceptors (Lipinski definition) is 2. The second-order valence-electron chi connectivity index (χ2n) is 2.40. The number of benzene rings is 1. The molecular formula is C7H7ClN2O2S. The molecule has 0 aromatic heterocycles. The van der Waals surface area contributed by atoms with Crippen molar-refractivity contribution in [2.45, 2.75) is 0 Å². The van der Waals surface area contributed by atoms with E-state index in [1.165, 1.54) is 6.21 Å². The van der Waals surface area contributed by atoms with Crippen LogP contribution in [0.25, 0.3) is 0 Å². The van der Waals surface area contributed by atoms with Crippen molar-refractivity contribution in [2.75, 3.05) is 4.72 Å². The summed E-state index contributed by atoms with van der Waals surface area (Å²) >= 11 is 0. The van der Waals surface area contributed by atoms with Crippen LogP contribution in [0.3, 0.4) is 0 Å². The molecule has 1 aliphatic rings. The maximum Gasteiger partial charge on any atom is 0.342 e. The van der Waals surface area contributed by atoms with Gasteiger partial charge in [-0.05, 0) is 6.07 Å². The Hall–Kier alpha value is -1.07. The highest BCUT2D eigenvalue weighted by Crippen LogP contribution is 2.18. The first kappa shape index (κ1) is 10.0. The van der Waals surface area contributed by atoms with Gasteiger partial charge in [0, 0.05) is 5.56 Å². The van der Waals surface area contributed by atoms with Crippen LogP contribution in [0.5, 0.6) is 0 Å². The Labute approximate surface area is 82.3 Å². The minimum absolute atomic E-state index is 0. The molecule has 0 saturated carbocycles. The number of fused-ring (bicyclic) bond motifs is 1. The summed E-state index contributed by atoms with van der Waals surface area (Å²) in [6.45, 7) is 0. The maximum absolute atomic E-state index is 10.9. The zero-order valence-electron chi connectivity index (χ0n) is 6.47. The Morgan fingerprint density at radius 1 is 1.23 bits per heavy atom. The van der Waals surface area contributed by atoms with Crippen LogP contribution in [0, 0.1) is 0 Å². The number of halogens is 1. The fraction of sp³-hybridized carbons (Fsp3) is 0. The first-order valence-electron chi connectivity index (χ1n) is 3.34. The van der Waals surface area contributed by atoms with Crippen LogP contribution < -0.4 is 4.72 Å². The standard InChI is InChI=1S/C7H6N2O2S.ClH/c10-12(11)8-5-6-3-1-2-4-7(6)9-12;/h1-5,9H;1H. The molecule has 2 rings (SSSR count). The minimum atomic E-state index is -3.48. The van der Waals surface area contributed by atoms with E-state index in [4.69, 9.17) is 0 Å². The number of nitrogens with zero attached hydrogens (tertiary/aromatic N) is 1. The summed E-state index contributed by atoms with van der Waals surface area (Å²) in [5, 5.41) is 0. The second kappa shape index (κ2) is 3.35. The van der Waals surface area contributed by atoms with E-state index in [1.807, 2.05) is 6.07 Å². The monoisotopic (exact) mass is 218 g/mol. The van der Waals surface area contributed by atoms with Crippen molar-refractivity contribution < 1.29 is 8.42 Å². The molecule has 4 nitrogen and oxygen atoms in total. The van der Waals surface area contributed by atoms with Crippen LogP contribution in [-0.4, -0.2) is 14.6 Å². The molecule has 1 aromatic rings. The van der Waals surface area contributed by atoms with Gasteiger partial charge in [0.2, 0.25) is 0 Å². The van der Waals surface area contributed by atoms with Crippen molar-refractivity contribution in [3.63, 3.8) is 0 Å². The Balaban J connectivity index is 0.000000845. The predicted octanol–water partition coefficient (Wildman–Crippen LogP) is 1.20. The van der Waals surface area contributed by atoms with Crippen LogP contribution in [0.1, 0.15) is 5.56 Å². The molecule has 0 radical (unpaired) electrons. The van der Waals surface area contributed by atoms with Crippen LogP contribution >= 0.6 is 12.4 Å². The molecule has 13 heavy (non-hydrogen) atoms. The number of para-hydroxylation sites is 1. The van der Waals surface area contributed by atoms with Crippen LogP contribution in [0.15, 0.2) is 28.7 Å². The first-order valence-corrected chi connectivity index (χ1v) is 4.78. The van der Waals surface area contributed by atoms with E-state index in [1.54, 1.807) is 18.2 Å². The molecule has 0 bridgehead atoms. The lowest BCUT2D eigenvalue weighted by Gasteiger charge is -2.10. The third-order valence-corrected chi connectivity index (χ3v) is 2.39. The number of anilines is 1. The first-order chi connectivity index (χ1) is 5.67. The maximum atomic E-state index is 10.9. The zero-order valence-corrected chi connectivity index (χ0v) is 8.10. The van der Waals surface area contributed by atoms with E-state index < -0.39 is 10.2 Å². The largest absolute Gasteiger partial charge is 0.342 e. The van der Waals surface area contributed by atoms with Crippen LogP contribution in [0.4, 0.5) is 5.69 Å². The van der Waals surface area contributed by atoms with Gasteiger partial charge in [-0.1, -0.05) is 18.2 Å². The SMILES string of the molecule is Cl.O=S1(=O)N=Cc2ccccc2N1. The lowest BCUT2D eigenvalue weighted by Crippen LogP contribution is -2.15. The molecule has 1 aliphatic heterocycles. The van der Waals surface area contributed by atoms with Crippen molar-refractivity contribution in [2.24, 2.45) is 4.40 Å². The average molecular weight is 219 g/mol. The Morgan fingerprint density at radius 2 is 1.92 bits per heavy atom. The average Bonchev–Trinajstić information content (AvgIpc) is 2.02. The van der Waals surface area contributed by atoms with E-state index in [0.717, 1.165) is 5.56 Å². The molecule has 0 atom stereocenters. The summed E-state index contributed by atoms with van der Waals surface area (Å²) in [5.41, 5.74) is 1.36. The fourth-order valence-electron chi connectivity index (χ4n) is 0.994. The van der Waals surface area contributed by atoms with Gasteiger partial charge in [-0.2, -0.15) is 12.8 Å². The predicted molar refractivity (Wildman–Crippen MR) is 53.8 cm³/mol. The lowest BCUT2D eigenvalue weighted by atomic mass is 10.2. The molecule has 0 saturated heterocycles. The van der Waals surface area contributed by atoms with E-state index in [2.05, 4.69) is 9.12 Å². The molecule has 1 N–H and O–H groups in total. The highest BCUT2D eigenvalue weighted by atomic mass is 35.5. The lowest BCUT2D eigenvalue weighted by molar-refractivity contribution is 0.603. The Kier molecular flexibility index (Phi) is 2.58. The Bertz CT molecular complexity index is 442. The molecule has 1 aromatic carbocycles. The van der Waals surface area contributed by atoms with E-state index in [9.17, 15) is 8.42 Å². The third kappa shape index (κ3) is 1.99. The normalized spacial score (nSPS) is 16.6. The van der Waals surface area contributed by atoms with Crippen molar-refractivity contribution in [1.82, 2.24) is 0 Å². The fourth-order valence-corrected chi connectivity index (χ4v) is 1.76. The topological polar surface area (TPSA) is 58.5 Å². The van der Waals surface area contributed by atoms with Gasteiger partial charge < -0.3 is 0 Å². The molecule has 0 amide bonds. The van der Waals surface area contributed by atoms with Crippen molar-refractivity contribution in [3.8, 4) is 0 Å². The molecule has 70 valence electrons. The summed E-state index contributed by atoms with van der Waals surface area (Å²) in [7, 11) is -3.48. The highest BCUT2D eigenvalue weighted by Gasteiger charge is 2.13. The third-order valence-electron chi connectivity index (χ3n) is 1.53. The van der Waals surface area contributed by atoms with E-state index >= 15 is 0 Å². The van der Waals surface area contributed by atoms with Crippen molar-refractivity contribution in [3.05, 3.63) is 29.8 Å². The number of nitrogens with one attached hydrogen (secondary N) is 1. The molecule has 0 aliphatic carbocycles. The summed E-state index contributed by atoms with van der Waals surface area (Å²) in [6.07, 6.45) is 1.33. The van der Waals surface area contributed by atoms with Gasteiger partial charge >= 0.3 is 10.2 Å². The summed E-state index contributed by atoms with van der Waals surface area (Å²) in [6, 6.07) is 7.07. The van der Waals surface area contributed by atoms with Gasteiger partial charge in [-0.25, -0.2) is 0 Å². The quantitative estimate of drug-likeness (QED) is 0.711. The van der Waals surface area contributed by atoms with E-state index in [0.29, 0.717) is 5.69 Å². The van der Waals surface area contributed by atoms with Crippen molar-refractivity contribution >= 4 is 34.5 Å². The number of hydrogen-bond donors (Lipinski definition) is 1. The molecule has 1 heterocycles. The molecule has 0 fully saturated rings. The highest BCUT2D eigenvalue weighted by molar-refractivity contribution is 7.91. The molecule has 6 heteroatoms. The van der Waals surface area contributed by atoms with Gasteiger partial charge in [0.1, 0.15) is 0 Å². The zero-order chi connectivity index (χ0) is 8.60. The molecular weight excluding hydrogens is 212 g/mol. The Morgan fingerprint density at radius 3 is 2.69 bits per heavy atom. The van der Waals surface area contributed by atoms with Gasteiger partial charge in [0.15, 0.2) is 0 Å². The van der Waals surface area contributed by atoms with Crippen molar-refractivity contribution in [1.29, 1.82) is 0 Å². The van der Waals surface area contributed by atoms with Gasteiger partial charge in [-0.15, -0.1) is 12.4 Å². The number of rotatable bonds is 0. The summed E-state index contributed by atoms with van der Waals surface area (Å²) < 4.78 is 27.5. The summed E-state index contributed by atoms with van der Waals surface area (Å²) in [4.78, 5) is 0. The van der Waals surface area contributed by atoms with Crippen LogP contribution in [0.2, 0.25) is 0 Å². The molecule has 0 spiro atoms.